The van der Waals surface area contributed by atoms with E-state index in [0.717, 1.165) is 22.4 Å². The van der Waals surface area contributed by atoms with Gasteiger partial charge in [0.2, 0.25) is 5.91 Å². The zero-order chi connectivity index (χ0) is 24.5. The lowest BCUT2D eigenvalue weighted by Crippen LogP contribution is -2.62. The molecule has 2 fully saturated rings. The Hall–Kier alpha value is -2.94. The topological polar surface area (TPSA) is 57.0 Å². The van der Waals surface area contributed by atoms with Gasteiger partial charge in [0.1, 0.15) is 14.8 Å². The summed E-state index contributed by atoms with van der Waals surface area (Å²) in [5.74, 6) is 0.177. The zero-order valence-electron chi connectivity index (χ0n) is 19.7. The Bertz CT molecular complexity index is 1360. The Morgan fingerprint density at radius 3 is 2.54 bits per heavy atom. The largest absolute Gasteiger partial charge is 0.467 e. The molecule has 3 atom stereocenters. The third-order valence-electron chi connectivity index (χ3n) is 7.70. The maximum atomic E-state index is 14.7. The van der Waals surface area contributed by atoms with Crippen LogP contribution in [-0.4, -0.2) is 51.3 Å². The molecule has 1 aromatic heterocycles. The van der Waals surface area contributed by atoms with Crippen molar-refractivity contribution in [2.75, 3.05) is 25.5 Å². The number of aryl methyl sites for hydroxylation is 1. The molecule has 0 aliphatic carbocycles. The van der Waals surface area contributed by atoms with Gasteiger partial charge in [-0.05, 0) is 37.7 Å². The number of carbonyl (C=O) groups excluding carboxylic acids is 2. The van der Waals surface area contributed by atoms with E-state index in [9.17, 15) is 9.59 Å². The summed E-state index contributed by atoms with van der Waals surface area (Å²) in [6.45, 7) is 2.81. The molecule has 178 valence electrons. The van der Waals surface area contributed by atoms with Crippen LogP contribution in [0, 0.1) is 6.92 Å². The molecule has 6 rings (SSSR count). The molecule has 0 bridgehead atoms. The van der Waals surface area contributed by atoms with Crippen LogP contribution < -0.4 is 4.90 Å². The van der Waals surface area contributed by atoms with Gasteiger partial charge >= 0.3 is 0 Å². The predicted octanol–water partition coefficient (Wildman–Crippen LogP) is 4.29. The molecule has 0 N–H and O–H groups in total. The number of hydrogen-bond donors (Lipinski definition) is 0. The molecular formula is C27H25N3O3S2. The van der Waals surface area contributed by atoms with Crippen LogP contribution in [0.5, 0.6) is 0 Å². The summed E-state index contributed by atoms with van der Waals surface area (Å²) < 4.78 is 4.87. The van der Waals surface area contributed by atoms with Crippen LogP contribution in [-0.2, 0) is 21.7 Å². The number of fused-ring (bicyclic) bond motifs is 3. The van der Waals surface area contributed by atoms with Crippen molar-refractivity contribution in [3.63, 3.8) is 0 Å². The number of hydrogen-bond acceptors (Lipinski definition) is 6. The summed E-state index contributed by atoms with van der Waals surface area (Å²) in [5.41, 5.74) is 2.59. The van der Waals surface area contributed by atoms with Gasteiger partial charge in [0.05, 0.1) is 12.8 Å². The number of likely N-dealkylation sites (N-methyl/N-ethyl adjacent to an activating group) is 2. The number of amides is 2. The summed E-state index contributed by atoms with van der Waals surface area (Å²) in [5, 5.41) is 0. The molecule has 2 aromatic carbocycles. The summed E-state index contributed by atoms with van der Waals surface area (Å²) in [7, 11) is 3.76. The van der Waals surface area contributed by atoms with Crippen molar-refractivity contribution < 1.29 is 14.0 Å². The fourth-order valence-corrected chi connectivity index (χ4v) is 8.32. The van der Waals surface area contributed by atoms with Crippen LogP contribution in [0.3, 0.4) is 0 Å². The molecule has 2 amide bonds. The minimum Gasteiger partial charge on any atom is -0.467 e. The first-order chi connectivity index (χ1) is 16.8. The lowest BCUT2D eigenvalue weighted by molar-refractivity contribution is -0.139. The van der Waals surface area contributed by atoms with Gasteiger partial charge in [-0.2, -0.15) is 0 Å². The van der Waals surface area contributed by atoms with Gasteiger partial charge in [0, 0.05) is 30.8 Å². The van der Waals surface area contributed by atoms with Crippen molar-refractivity contribution in [3.8, 4) is 0 Å². The van der Waals surface area contributed by atoms with Gasteiger partial charge in [-0.1, -0.05) is 72.0 Å². The third kappa shape index (κ3) is 2.78. The van der Waals surface area contributed by atoms with E-state index in [1.165, 1.54) is 11.8 Å². The molecule has 8 heteroatoms. The van der Waals surface area contributed by atoms with E-state index in [-0.39, 0.29) is 24.3 Å². The van der Waals surface area contributed by atoms with E-state index < -0.39 is 10.3 Å². The average Bonchev–Trinajstić information content (AvgIpc) is 3.57. The van der Waals surface area contributed by atoms with Crippen LogP contribution in [0.15, 0.2) is 71.3 Å². The van der Waals surface area contributed by atoms with Crippen LogP contribution in [0.2, 0.25) is 0 Å². The number of anilines is 1. The minimum atomic E-state index is -1.19. The van der Waals surface area contributed by atoms with Crippen molar-refractivity contribution in [3.05, 3.63) is 89.4 Å². The van der Waals surface area contributed by atoms with Crippen molar-refractivity contribution in [1.29, 1.82) is 0 Å². The second kappa shape index (κ2) is 7.78. The van der Waals surface area contributed by atoms with Crippen molar-refractivity contribution in [2.24, 2.45) is 0 Å². The van der Waals surface area contributed by atoms with Gasteiger partial charge in [-0.15, -0.1) is 0 Å². The van der Waals surface area contributed by atoms with Gasteiger partial charge < -0.3 is 9.32 Å². The summed E-state index contributed by atoms with van der Waals surface area (Å²) in [6, 6.07) is 19.7. The van der Waals surface area contributed by atoms with E-state index >= 15 is 0 Å². The van der Waals surface area contributed by atoms with E-state index in [4.69, 9.17) is 16.6 Å². The van der Waals surface area contributed by atoms with E-state index in [1.807, 2.05) is 62.5 Å². The SMILES string of the molecule is Cc1ccc2c(c1)C1(C(=O)N2C)N(C)CC(c2ccccc2)C12SC(=S)N(Cc1ccco1)C2=O. The number of nitrogens with zero attached hydrogens (tertiary/aromatic N) is 3. The fourth-order valence-electron chi connectivity index (χ4n) is 6.19. The lowest BCUT2D eigenvalue weighted by Gasteiger charge is -2.42. The van der Waals surface area contributed by atoms with Crippen molar-refractivity contribution in [1.82, 2.24) is 9.80 Å². The number of rotatable bonds is 3. The molecular weight excluding hydrogens is 478 g/mol. The highest BCUT2D eigenvalue weighted by Gasteiger charge is 2.78. The normalized spacial score (nSPS) is 28.2. The van der Waals surface area contributed by atoms with E-state index in [1.54, 1.807) is 29.2 Å². The highest BCUT2D eigenvalue weighted by atomic mass is 32.2. The molecule has 2 spiro atoms. The van der Waals surface area contributed by atoms with Crippen molar-refractivity contribution in [2.45, 2.75) is 29.7 Å². The first-order valence-corrected chi connectivity index (χ1v) is 12.8. The van der Waals surface area contributed by atoms with Gasteiger partial charge in [-0.25, -0.2) is 0 Å². The van der Waals surface area contributed by atoms with E-state index in [0.29, 0.717) is 16.6 Å². The Morgan fingerprint density at radius 1 is 1.06 bits per heavy atom. The van der Waals surface area contributed by atoms with Gasteiger partial charge in [-0.3, -0.25) is 19.4 Å². The summed E-state index contributed by atoms with van der Waals surface area (Å²) in [4.78, 5) is 34.4. The molecule has 2 saturated heterocycles. The molecule has 6 nitrogen and oxygen atoms in total. The molecule has 35 heavy (non-hydrogen) atoms. The standard InChI is InChI=1S/C27H25N3O3S2/c1-17-11-12-22-20(14-17)26(23(31)29(22)3)27(21(16-28(26)2)18-8-5-4-6-9-18)24(32)30(25(34)35-27)15-19-10-7-13-33-19/h4-14,21H,15-16H2,1-3H3. The number of furan rings is 1. The number of carbonyl (C=O) groups is 2. The van der Waals surface area contributed by atoms with Crippen LogP contribution in [0.4, 0.5) is 5.69 Å². The zero-order valence-corrected chi connectivity index (χ0v) is 21.4. The lowest BCUT2D eigenvalue weighted by atomic mass is 9.71. The predicted molar refractivity (Wildman–Crippen MR) is 140 cm³/mol. The maximum Gasteiger partial charge on any atom is 0.254 e. The van der Waals surface area contributed by atoms with Crippen LogP contribution >= 0.6 is 24.0 Å². The average molecular weight is 504 g/mol. The van der Waals surface area contributed by atoms with Gasteiger partial charge in [0.25, 0.3) is 5.91 Å². The van der Waals surface area contributed by atoms with Crippen LogP contribution in [0.1, 0.15) is 28.4 Å². The van der Waals surface area contributed by atoms with Gasteiger partial charge in [0.15, 0.2) is 5.54 Å². The Morgan fingerprint density at radius 2 is 1.83 bits per heavy atom. The van der Waals surface area contributed by atoms with Crippen LogP contribution in [0.25, 0.3) is 0 Å². The molecule has 3 aliphatic heterocycles. The third-order valence-corrected chi connectivity index (χ3v) is 9.64. The highest BCUT2D eigenvalue weighted by Crippen LogP contribution is 2.66. The molecule has 0 saturated carbocycles. The molecule has 3 aromatic rings. The quantitative estimate of drug-likeness (QED) is 0.497. The second-order valence-electron chi connectivity index (χ2n) is 9.51. The molecule has 3 aliphatic rings. The maximum absolute atomic E-state index is 14.7. The number of thioether (sulfide) groups is 1. The van der Waals surface area contributed by atoms with E-state index in [2.05, 4.69) is 11.0 Å². The number of thiocarbonyl (C=S) groups is 1. The second-order valence-corrected chi connectivity index (χ2v) is 11.4. The Labute approximate surface area is 213 Å². The minimum absolute atomic E-state index is 0.0949. The molecule has 0 radical (unpaired) electrons. The fraction of sp³-hybridized carbons (Fsp3) is 0.296. The first kappa shape index (κ1) is 22.5. The van der Waals surface area contributed by atoms with Crippen molar-refractivity contribution >= 4 is 45.8 Å². The summed E-state index contributed by atoms with van der Waals surface area (Å²) in [6.07, 6.45) is 1.59. The molecule has 3 unspecified atom stereocenters. The number of benzene rings is 2. The highest BCUT2D eigenvalue weighted by molar-refractivity contribution is 8.25. The Kier molecular flexibility index (Phi) is 5.01. The molecule has 4 heterocycles. The number of likely N-dealkylation sites (tertiary alicyclic amines) is 1. The Balaban J connectivity index is 1.62. The first-order valence-electron chi connectivity index (χ1n) is 11.5. The monoisotopic (exact) mass is 503 g/mol. The summed E-state index contributed by atoms with van der Waals surface area (Å²) >= 11 is 7.20. The smallest absolute Gasteiger partial charge is 0.254 e.